The topological polar surface area (TPSA) is 56.2 Å². The van der Waals surface area contributed by atoms with Gasteiger partial charge in [0, 0.05) is 11.9 Å². The van der Waals surface area contributed by atoms with Crippen molar-refractivity contribution in [3.63, 3.8) is 0 Å². The van der Waals surface area contributed by atoms with Crippen LogP contribution in [0.1, 0.15) is 5.69 Å². The van der Waals surface area contributed by atoms with E-state index < -0.39 is 0 Å². The summed E-state index contributed by atoms with van der Waals surface area (Å²) in [6.07, 6.45) is 5.07. The highest BCUT2D eigenvalue weighted by Crippen LogP contribution is 2.08. The lowest BCUT2D eigenvalue weighted by molar-refractivity contribution is 1.09. The summed E-state index contributed by atoms with van der Waals surface area (Å²) in [6.45, 7) is 1.95. The Labute approximate surface area is 63.7 Å². The molecule has 0 aliphatic rings. The van der Waals surface area contributed by atoms with Gasteiger partial charge < -0.3 is 5.73 Å². The molecule has 4 nitrogen and oxygen atoms in total. The van der Waals surface area contributed by atoms with Crippen LogP contribution in [0.2, 0.25) is 0 Å². The molecule has 0 fully saturated rings. The van der Waals surface area contributed by atoms with E-state index in [2.05, 4.69) is 9.97 Å². The Bertz CT molecular complexity index is 390. The number of imidazole rings is 1. The molecule has 4 heteroatoms. The maximum atomic E-state index is 5.66. The number of hydrogen-bond acceptors (Lipinski definition) is 3. The number of aryl methyl sites for hydroxylation is 1. The maximum absolute atomic E-state index is 5.66. The average molecular weight is 148 g/mol. The number of nitrogens with two attached hydrogens (primary N) is 1. The molecule has 0 radical (unpaired) electrons. The zero-order valence-corrected chi connectivity index (χ0v) is 6.15. The van der Waals surface area contributed by atoms with Crippen LogP contribution in [0, 0.1) is 6.92 Å². The molecule has 0 saturated heterocycles. The van der Waals surface area contributed by atoms with Crippen molar-refractivity contribution < 1.29 is 0 Å². The molecule has 2 rings (SSSR count). The van der Waals surface area contributed by atoms with E-state index in [0.29, 0.717) is 5.82 Å². The SMILES string of the molecule is Cc1cnc2cncc(N)n12. The number of rotatable bonds is 0. The van der Waals surface area contributed by atoms with Crippen LogP contribution in [0.25, 0.3) is 5.65 Å². The van der Waals surface area contributed by atoms with Crippen LogP contribution in [0.15, 0.2) is 18.6 Å². The molecule has 0 unspecified atom stereocenters. The van der Waals surface area contributed by atoms with Gasteiger partial charge in [-0.3, -0.25) is 9.38 Å². The van der Waals surface area contributed by atoms with Crippen molar-refractivity contribution in [2.45, 2.75) is 6.92 Å². The third kappa shape index (κ3) is 0.756. The molecule has 0 aliphatic heterocycles. The Morgan fingerprint density at radius 3 is 2.91 bits per heavy atom. The van der Waals surface area contributed by atoms with Gasteiger partial charge >= 0.3 is 0 Å². The van der Waals surface area contributed by atoms with Gasteiger partial charge in [0.1, 0.15) is 5.82 Å². The van der Waals surface area contributed by atoms with E-state index in [1.165, 1.54) is 0 Å². The minimum Gasteiger partial charge on any atom is -0.383 e. The first kappa shape index (κ1) is 6.15. The molecule has 56 valence electrons. The summed E-state index contributed by atoms with van der Waals surface area (Å²) in [4.78, 5) is 8.02. The number of nitrogen functional groups attached to an aromatic ring is 1. The van der Waals surface area contributed by atoms with E-state index in [1.54, 1.807) is 18.6 Å². The number of hydrogen-bond donors (Lipinski definition) is 1. The van der Waals surface area contributed by atoms with Crippen molar-refractivity contribution in [2.75, 3.05) is 5.73 Å². The predicted octanol–water partition coefficient (Wildman–Crippen LogP) is 0.620. The van der Waals surface area contributed by atoms with Crippen LogP contribution < -0.4 is 5.73 Å². The van der Waals surface area contributed by atoms with Gasteiger partial charge in [-0.15, -0.1) is 0 Å². The lowest BCUT2D eigenvalue weighted by atomic mass is 10.5. The Balaban J connectivity index is 2.96. The normalized spacial score (nSPS) is 10.6. The molecule has 0 atom stereocenters. The zero-order valence-electron chi connectivity index (χ0n) is 6.15. The minimum atomic E-state index is 0.623. The first-order chi connectivity index (χ1) is 5.29. The van der Waals surface area contributed by atoms with E-state index in [-0.39, 0.29) is 0 Å². The summed E-state index contributed by atoms with van der Waals surface area (Å²) in [5.74, 6) is 0.623. The molecule has 0 aliphatic carbocycles. The highest BCUT2D eigenvalue weighted by Gasteiger charge is 1.99. The summed E-state index contributed by atoms with van der Waals surface area (Å²) in [6, 6.07) is 0. The van der Waals surface area contributed by atoms with Gasteiger partial charge in [-0.05, 0) is 6.92 Å². The molecule has 0 bridgehead atoms. The van der Waals surface area contributed by atoms with Crippen molar-refractivity contribution in [2.24, 2.45) is 0 Å². The van der Waals surface area contributed by atoms with Crippen molar-refractivity contribution in [1.82, 2.24) is 14.4 Å². The first-order valence-corrected chi connectivity index (χ1v) is 3.32. The van der Waals surface area contributed by atoms with Gasteiger partial charge in [0.25, 0.3) is 0 Å². The summed E-state index contributed by atoms with van der Waals surface area (Å²) in [5, 5.41) is 0. The molecule has 11 heavy (non-hydrogen) atoms. The third-order valence-corrected chi connectivity index (χ3v) is 1.62. The summed E-state index contributed by atoms with van der Waals surface area (Å²) < 4.78 is 1.85. The number of aromatic nitrogens is 3. The number of anilines is 1. The largest absolute Gasteiger partial charge is 0.383 e. The Kier molecular flexibility index (Phi) is 1.09. The van der Waals surface area contributed by atoms with Gasteiger partial charge in [0.2, 0.25) is 0 Å². The van der Waals surface area contributed by atoms with Gasteiger partial charge in [0.15, 0.2) is 5.65 Å². The quantitative estimate of drug-likeness (QED) is 0.595. The van der Waals surface area contributed by atoms with Crippen molar-refractivity contribution in [1.29, 1.82) is 0 Å². The van der Waals surface area contributed by atoms with Crippen LogP contribution in [-0.4, -0.2) is 14.4 Å². The average Bonchev–Trinajstić information content (AvgIpc) is 2.34. The monoisotopic (exact) mass is 148 g/mol. The molecular weight excluding hydrogens is 140 g/mol. The lowest BCUT2D eigenvalue weighted by Gasteiger charge is -1.98. The molecule has 0 saturated carbocycles. The van der Waals surface area contributed by atoms with Crippen LogP contribution in [0.5, 0.6) is 0 Å². The lowest BCUT2D eigenvalue weighted by Crippen LogP contribution is -1.98. The minimum absolute atomic E-state index is 0.623. The van der Waals surface area contributed by atoms with E-state index in [9.17, 15) is 0 Å². The molecule has 2 aromatic heterocycles. The fourth-order valence-electron chi connectivity index (χ4n) is 1.12. The summed E-state index contributed by atoms with van der Waals surface area (Å²) in [5.41, 5.74) is 7.48. The Morgan fingerprint density at radius 1 is 1.36 bits per heavy atom. The molecule has 2 N–H and O–H groups in total. The molecule has 0 amide bonds. The second-order valence-corrected chi connectivity index (χ2v) is 2.43. The van der Waals surface area contributed by atoms with E-state index in [4.69, 9.17) is 5.73 Å². The second-order valence-electron chi connectivity index (χ2n) is 2.43. The Hall–Kier alpha value is -1.58. The summed E-state index contributed by atoms with van der Waals surface area (Å²) in [7, 11) is 0. The van der Waals surface area contributed by atoms with Crippen molar-refractivity contribution in [3.8, 4) is 0 Å². The van der Waals surface area contributed by atoms with Gasteiger partial charge in [0.05, 0.1) is 12.4 Å². The predicted molar refractivity (Wildman–Crippen MR) is 42.1 cm³/mol. The standard InChI is InChI=1S/C7H8N4/c1-5-2-10-7-4-9-3-6(8)11(5)7/h2-4H,8H2,1H3. The molecule has 0 spiro atoms. The molecule has 2 heterocycles. The first-order valence-electron chi connectivity index (χ1n) is 3.32. The number of fused-ring (bicyclic) bond motifs is 1. The number of nitrogens with zero attached hydrogens (tertiary/aromatic N) is 3. The van der Waals surface area contributed by atoms with Crippen LogP contribution in [0.4, 0.5) is 5.82 Å². The van der Waals surface area contributed by atoms with Crippen LogP contribution >= 0.6 is 0 Å². The molecular formula is C7H8N4. The fraction of sp³-hybridized carbons (Fsp3) is 0.143. The van der Waals surface area contributed by atoms with Gasteiger partial charge in [-0.2, -0.15) is 0 Å². The fourth-order valence-corrected chi connectivity index (χ4v) is 1.12. The molecule has 0 aromatic carbocycles. The zero-order chi connectivity index (χ0) is 7.84. The highest BCUT2D eigenvalue weighted by atomic mass is 15.1. The summed E-state index contributed by atoms with van der Waals surface area (Å²) >= 11 is 0. The van der Waals surface area contributed by atoms with E-state index >= 15 is 0 Å². The van der Waals surface area contributed by atoms with Crippen LogP contribution in [0.3, 0.4) is 0 Å². The smallest absolute Gasteiger partial charge is 0.157 e. The van der Waals surface area contributed by atoms with Crippen molar-refractivity contribution in [3.05, 3.63) is 24.3 Å². The van der Waals surface area contributed by atoms with Gasteiger partial charge in [-0.25, -0.2) is 4.98 Å². The van der Waals surface area contributed by atoms with E-state index in [1.807, 2.05) is 11.3 Å². The third-order valence-electron chi connectivity index (χ3n) is 1.62. The Morgan fingerprint density at radius 2 is 2.18 bits per heavy atom. The second kappa shape index (κ2) is 1.95. The molecule has 2 aromatic rings. The van der Waals surface area contributed by atoms with Gasteiger partial charge in [-0.1, -0.05) is 0 Å². The van der Waals surface area contributed by atoms with Crippen molar-refractivity contribution >= 4 is 11.5 Å². The highest BCUT2D eigenvalue weighted by molar-refractivity contribution is 5.45. The van der Waals surface area contributed by atoms with E-state index in [0.717, 1.165) is 11.3 Å². The van der Waals surface area contributed by atoms with Crippen LogP contribution in [-0.2, 0) is 0 Å². The maximum Gasteiger partial charge on any atom is 0.157 e.